The Bertz CT molecular complexity index is 1680. The van der Waals surface area contributed by atoms with Gasteiger partial charge in [0.25, 0.3) is 10.0 Å². The first kappa shape index (κ1) is 31.9. The molecule has 0 aromatic heterocycles. The summed E-state index contributed by atoms with van der Waals surface area (Å²) < 4.78 is 43.0. The third kappa shape index (κ3) is 8.16. The first-order valence-corrected chi connectivity index (χ1v) is 16.7. The van der Waals surface area contributed by atoms with Crippen molar-refractivity contribution < 1.29 is 22.4 Å². The van der Waals surface area contributed by atoms with Crippen LogP contribution in [0.2, 0.25) is 0 Å². The summed E-state index contributed by atoms with van der Waals surface area (Å²) in [6.45, 7) is 1.36. The average molecular weight is 628 g/mol. The van der Waals surface area contributed by atoms with Gasteiger partial charge in [0.05, 0.1) is 10.6 Å². The van der Waals surface area contributed by atoms with Crippen LogP contribution in [0.3, 0.4) is 0 Å². The summed E-state index contributed by atoms with van der Waals surface area (Å²) in [5.41, 5.74) is 2.69. The number of sulfonamides is 1. The fourth-order valence-corrected chi connectivity index (χ4v) is 7.09. The molecule has 1 fully saturated rings. The van der Waals surface area contributed by atoms with E-state index in [0.717, 1.165) is 58.8 Å². The zero-order valence-corrected chi connectivity index (χ0v) is 26.1. The van der Waals surface area contributed by atoms with Crippen LogP contribution in [0.5, 0.6) is 0 Å². The first-order chi connectivity index (χ1) is 21.7. The van der Waals surface area contributed by atoms with Crippen molar-refractivity contribution in [1.82, 2.24) is 10.2 Å². The molecular formula is C36H38FN3O4S. The molecule has 4 aromatic rings. The van der Waals surface area contributed by atoms with Gasteiger partial charge >= 0.3 is 0 Å². The summed E-state index contributed by atoms with van der Waals surface area (Å²) in [5, 5.41) is 3.17. The maximum Gasteiger partial charge on any atom is 0.264 e. The minimum Gasteiger partial charge on any atom is -0.352 e. The lowest BCUT2D eigenvalue weighted by molar-refractivity contribution is -0.140. The van der Waals surface area contributed by atoms with E-state index in [-0.39, 0.29) is 35.5 Å². The molecule has 0 radical (unpaired) electrons. The predicted octanol–water partition coefficient (Wildman–Crippen LogP) is 6.03. The lowest BCUT2D eigenvalue weighted by atomic mass is 10.0. The van der Waals surface area contributed by atoms with Crippen LogP contribution in [0.4, 0.5) is 10.1 Å². The van der Waals surface area contributed by atoms with E-state index in [9.17, 15) is 22.4 Å². The number of carbonyl (C=O) groups excluding carboxylic acids is 2. The number of benzene rings is 4. The van der Waals surface area contributed by atoms with Crippen molar-refractivity contribution in [3.8, 4) is 0 Å². The number of rotatable bonds is 12. The van der Waals surface area contributed by atoms with E-state index in [1.807, 2.05) is 67.6 Å². The molecule has 0 spiro atoms. The standard InChI is InChI=1S/C36H38FN3O4S/c1-27-16-22-33(23-17-27)45(43,44)40(32-20-18-30(37)19-21-32)26-35(41)39(25-29-12-6-3-7-13-29)34(24-28-10-4-2-5-11-28)36(42)38-31-14-8-9-15-31/h2-7,10-13,16-23,31,34H,8-9,14-15,24-26H2,1H3,(H,38,42)/t34-/m1/s1. The first-order valence-electron chi connectivity index (χ1n) is 15.2. The number of hydrogen-bond acceptors (Lipinski definition) is 4. The number of nitrogens with zero attached hydrogens (tertiary/aromatic N) is 2. The van der Waals surface area contributed by atoms with Crippen LogP contribution in [-0.2, 0) is 32.6 Å². The van der Waals surface area contributed by atoms with Crippen LogP contribution in [-0.4, -0.2) is 43.8 Å². The van der Waals surface area contributed by atoms with Crippen LogP contribution in [0, 0.1) is 12.7 Å². The van der Waals surface area contributed by atoms with Crippen molar-refractivity contribution >= 4 is 27.5 Å². The average Bonchev–Trinajstić information content (AvgIpc) is 3.56. The molecule has 5 rings (SSSR count). The van der Waals surface area contributed by atoms with Crippen LogP contribution in [0.15, 0.2) is 114 Å². The summed E-state index contributed by atoms with van der Waals surface area (Å²) in [5.74, 6) is -1.36. The molecule has 1 aliphatic rings. The highest BCUT2D eigenvalue weighted by atomic mass is 32.2. The predicted molar refractivity (Wildman–Crippen MR) is 173 cm³/mol. The summed E-state index contributed by atoms with van der Waals surface area (Å²) in [6.07, 6.45) is 4.07. The molecule has 0 heterocycles. The van der Waals surface area contributed by atoms with Crippen LogP contribution in [0.25, 0.3) is 0 Å². The quantitative estimate of drug-likeness (QED) is 0.208. The maximum atomic E-state index is 14.5. The third-order valence-corrected chi connectivity index (χ3v) is 9.96. The smallest absolute Gasteiger partial charge is 0.264 e. The second-order valence-corrected chi connectivity index (χ2v) is 13.4. The lowest BCUT2D eigenvalue weighted by Gasteiger charge is -2.34. The van der Waals surface area contributed by atoms with Crippen LogP contribution < -0.4 is 9.62 Å². The zero-order valence-electron chi connectivity index (χ0n) is 25.3. The van der Waals surface area contributed by atoms with Crippen molar-refractivity contribution in [2.75, 3.05) is 10.8 Å². The van der Waals surface area contributed by atoms with Gasteiger partial charge in [-0.05, 0) is 67.3 Å². The molecule has 0 bridgehead atoms. The molecule has 45 heavy (non-hydrogen) atoms. The highest BCUT2D eigenvalue weighted by Crippen LogP contribution is 2.26. The lowest BCUT2D eigenvalue weighted by Crippen LogP contribution is -2.54. The maximum absolute atomic E-state index is 14.5. The van der Waals surface area contributed by atoms with Gasteiger partial charge in [-0.15, -0.1) is 0 Å². The van der Waals surface area contributed by atoms with Gasteiger partial charge in [-0.3, -0.25) is 13.9 Å². The van der Waals surface area contributed by atoms with Gasteiger partial charge in [0.15, 0.2) is 0 Å². The van der Waals surface area contributed by atoms with Crippen molar-refractivity contribution in [2.45, 2.75) is 62.6 Å². The van der Waals surface area contributed by atoms with E-state index in [0.29, 0.717) is 0 Å². The number of aryl methyl sites for hydroxylation is 1. The van der Waals surface area contributed by atoms with E-state index in [1.165, 1.54) is 29.2 Å². The molecule has 1 saturated carbocycles. The van der Waals surface area contributed by atoms with Crippen molar-refractivity contribution in [3.05, 3.63) is 132 Å². The largest absolute Gasteiger partial charge is 0.352 e. The molecule has 9 heteroatoms. The van der Waals surface area contributed by atoms with Gasteiger partial charge in [-0.25, -0.2) is 12.8 Å². The third-order valence-electron chi connectivity index (χ3n) is 8.17. The number of nitrogens with one attached hydrogen (secondary N) is 1. The van der Waals surface area contributed by atoms with Gasteiger partial charge in [0, 0.05) is 19.0 Å². The fraction of sp³-hybridized carbons (Fsp3) is 0.278. The van der Waals surface area contributed by atoms with Crippen molar-refractivity contribution in [2.24, 2.45) is 0 Å². The van der Waals surface area contributed by atoms with Crippen LogP contribution in [0.1, 0.15) is 42.4 Å². The van der Waals surface area contributed by atoms with E-state index in [4.69, 9.17) is 0 Å². The highest BCUT2D eigenvalue weighted by molar-refractivity contribution is 7.92. The molecule has 0 aliphatic heterocycles. The van der Waals surface area contributed by atoms with Crippen molar-refractivity contribution in [1.29, 1.82) is 0 Å². The minimum atomic E-state index is -4.25. The summed E-state index contributed by atoms with van der Waals surface area (Å²) >= 11 is 0. The second-order valence-electron chi connectivity index (χ2n) is 11.5. The van der Waals surface area contributed by atoms with Crippen molar-refractivity contribution in [3.63, 3.8) is 0 Å². The molecule has 234 valence electrons. The van der Waals surface area contributed by atoms with E-state index < -0.39 is 34.3 Å². The van der Waals surface area contributed by atoms with E-state index >= 15 is 0 Å². The van der Waals surface area contributed by atoms with Gasteiger partial charge in [-0.1, -0.05) is 91.2 Å². The molecule has 2 amide bonds. The Labute approximate surface area is 264 Å². The van der Waals surface area contributed by atoms with Gasteiger partial charge < -0.3 is 10.2 Å². The van der Waals surface area contributed by atoms with E-state index in [1.54, 1.807) is 12.1 Å². The Morgan fingerprint density at radius 3 is 2.00 bits per heavy atom. The Kier molecular flexibility index (Phi) is 10.3. The Morgan fingerprint density at radius 1 is 0.822 bits per heavy atom. The Hall–Kier alpha value is -4.50. The second kappa shape index (κ2) is 14.5. The normalized spacial score (nSPS) is 14.1. The Balaban J connectivity index is 1.55. The molecule has 7 nitrogen and oxygen atoms in total. The van der Waals surface area contributed by atoms with Crippen LogP contribution >= 0.6 is 0 Å². The minimum absolute atomic E-state index is 0.000327. The summed E-state index contributed by atoms with van der Waals surface area (Å²) in [6, 6.07) is 29.3. The Morgan fingerprint density at radius 2 is 1.40 bits per heavy atom. The summed E-state index contributed by atoms with van der Waals surface area (Å²) in [7, 11) is -4.25. The van der Waals surface area contributed by atoms with Gasteiger partial charge in [-0.2, -0.15) is 0 Å². The monoisotopic (exact) mass is 627 g/mol. The number of halogens is 1. The highest BCUT2D eigenvalue weighted by Gasteiger charge is 2.35. The number of hydrogen-bond donors (Lipinski definition) is 1. The number of amides is 2. The molecule has 1 N–H and O–H groups in total. The molecular weight excluding hydrogens is 589 g/mol. The van der Waals surface area contributed by atoms with Gasteiger partial charge in [0.2, 0.25) is 11.8 Å². The number of carbonyl (C=O) groups is 2. The number of anilines is 1. The SMILES string of the molecule is Cc1ccc(S(=O)(=O)N(CC(=O)N(Cc2ccccc2)[C@H](Cc2ccccc2)C(=O)NC2CCCC2)c2ccc(F)cc2)cc1. The summed E-state index contributed by atoms with van der Waals surface area (Å²) in [4.78, 5) is 30.0. The molecule has 1 aliphatic carbocycles. The molecule has 4 aromatic carbocycles. The fourth-order valence-electron chi connectivity index (χ4n) is 5.68. The van der Waals surface area contributed by atoms with E-state index in [2.05, 4.69) is 5.32 Å². The molecule has 1 atom stereocenters. The molecule has 0 unspecified atom stereocenters. The zero-order chi connectivity index (χ0) is 31.8. The van der Waals surface area contributed by atoms with Gasteiger partial charge in [0.1, 0.15) is 18.4 Å². The molecule has 0 saturated heterocycles. The topological polar surface area (TPSA) is 86.8 Å².